The van der Waals surface area contributed by atoms with Crippen LogP contribution in [0.5, 0.6) is 0 Å². The fraction of sp³-hybridized carbons (Fsp3) is 0.130. The topological polar surface area (TPSA) is 109 Å². The molecule has 1 atom stereocenters. The van der Waals surface area contributed by atoms with E-state index in [4.69, 9.17) is 16.4 Å². The molecule has 3 N–H and O–H groups in total. The highest BCUT2D eigenvalue weighted by molar-refractivity contribution is 8.13. The van der Waals surface area contributed by atoms with Crippen molar-refractivity contribution in [1.29, 1.82) is 0 Å². The molecule has 0 fully saturated rings. The molecule has 0 radical (unpaired) electrons. The molecule has 0 spiro atoms. The van der Waals surface area contributed by atoms with Gasteiger partial charge in [-0.3, -0.25) is 4.90 Å². The third kappa shape index (κ3) is 3.71. The van der Waals surface area contributed by atoms with Crippen molar-refractivity contribution in [3.63, 3.8) is 0 Å². The number of rotatable bonds is 4. The van der Waals surface area contributed by atoms with Gasteiger partial charge in [-0.1, -0.05) is 48.5 Å². The molecule has 7 nitrogen and oxygen atoms in total. The van der Waals surface area contributed by atoms with Crippen molar-refractivity contribution in [2.45, 2.75) is 24.2 Å². The lowest BCUT2D eigenvalue weighted by Crippen LogP contribution is -2.24. The minimum absolute atomic E-state index is 0.00877. The zero-order valence-corrected chi connectivity index (χ0v) is 18.4. The summed E-state index contributed by atoms with van der Waals surface area (Å²) in [6, 6.07) is 19.8. The monoisotopic (exact) mass is 466 g/mol. The van der Waals surface area contributed by atoms with E-state index in [-0.39, 0.29) is 10.8 Å². The van der Waals surface area contributed by atoms with E-state index >= 15 is 0 Å². The molecular formula is C23H19ClN4O3S. The Morgan fingerprint density at radius 3 is 2.31 bits per heavy atom. The molecule has 1 aromatic heterocycles. The molecule has 4 aromatic rings. The van der Waals surface area contributed by atoms with Crippen LogP contribution in [0.15, 0.2) is 71.6 Å². The normalized spacial score (nSPS) is 15.1. The number of halogens is 1. The number of aromatic nitrogens is 2. The molecule has 0 saturated carbocycles. The highest BCUT2D eigenvalue weighted by atomic mass is 35.7. The summed E-state index contributed by atoms with van der Waals surface area (Å²) >= 11 is 0. The maximum Gasteiger partial charge on any atom is 0.261 e. The SMILES string of the molecule is Nc1nc(C(O)N2Cc3ccccc3C2)c2cc(-c3ccccc3S(=O)(=O)Cl)ccc2n1. The summed E-state index contributed by atoms with van der Waals surface area (Å²) in [6.45, 7) is 1.16. The number of hydrogen-bond acceptors (Lipinski definition) is 7. The Labute approximate surface area is 189 Å². The minimum atomic E-state index is -3.95. The smallest absolute Gasteiger partial charge is 0.261 e. The number of nitrogens with zero attached hydrogens (tertiary/aromatic N) is 3. The largest absolute Gasteiger partial charge is 0.372 e. The van der Waals surface area contributed by atoms with E-state index in [1.54, 1.807) is 36.4 Å². The van der Waals surface area contributed by atoms with Gasteiger partial charge in [-0.15, -0.1) is 0 Å². The van der Waals surface area contributed by atoms with Gasteiger partial charge in [0.2, 0.25) is 5.95 Å². The lowest BCUT2D eigenvalue weighted by atomic mass is 10.0. The molecule has 0 amide bonds. The van der Waals surface area contributed by atoms with Gasteiger partial charge in [0.25, 0.3) is 9.05 Å². The zero-order valence-electron chi connectivity index (χ0n) is 16.8. The van der Waals surface area contributed by atoms with Crippen LogP contribution in [0.4, 0.5) is 5.95 Å². The summed E-state index contributed by atoms with van der Waals surface area (Å²) in [6.07, 6.45) is -1.02. The molecule has 1 unspecified atom stereocenters. The van der Waals surface area contributed by atoms with Crippen molar-refractivity contribution in [2.24, 2.45) is 0 Å². The highest BCUT2D eigenvalue weighted by Crippen LogP contribution is 2.35. The number of nitrogen functional groups attached to an aromatic ring is 1. The Kier molecular flexibility index (Phi) is 5.10. The van der Waals surface area contributed by atoms with Crippen molar-refractivity contribution in [3.05, 3.63) is 83.6 Å². The van der Waals surface area contributed by atoms with Crippen molar-refractivity contribution in [1.82, 2.24) is 14.9 Å². The van der Waals surface area contributed by atoms with Crippen LogP contribution in [-0.2, 0) is 22.1 Å². The molecule has 2 heterocycles. The van der Waals surface area contributed by atoms with Crippen LogP contribution in [0.2, 0.25) is 0 Å². The van der Waals surface area contributed by atoms with Gasteiger partial charge < -0.3 is 10.8 Å². The van der Waals surface area contributed by atoms with Crippen LogP contribution in [0.3, 0.4) is 0 Å². The number of hydrogen-bond donors (Lipinski definition) is 2. The molecule has 162 valence electrons. The Hall–Kier alpha value is -3.04. The molecule has 0 bridgehead atoms. The lowest BCUT2D eigenvalue weighted by molar-refractivity contribution is -0.00372. The maximum atomic E-state index is 12.1. The van der Waals surface area contributed by atoms with Crippen LogP contribution in [-0.4, -0.2) is 28.4 Å². The molecule has 32 heavy (non-hydrogen) atoms. The number of anilines is 1. The summed E-state index contributed by atoms with van der Waals surface area (Å²) < 4.78 is 24.1. The van der Waals surface area contributed by atoms with Gasteiger partial charge in [0, 0.05) is 34.7 Å². The van der Waals surface area contributed by atoms with Crippen LogP contribution in [0.25, 0.3) is 22.0 Å². The first-order valence-electron chi connectivity index (χ1n) is 9.91. The van der Waals surface area contributed by atoms with Gasteiger partial charge in [-0.05, 0) is 34.9 Å². The third-order valence-corrected chi connectivity index (χ3v) is 7.04. The van der Waals surface area contributed by atoms with E-state index < -0.39 is 15.3 Å². The fourth-order valence-corrected chi connectivity index (χ4v) is 5.25. The molecular weight excluding hydrogens is 448 g/mol. The molecule has 1 aliphatic rings. The fourth-order valence-electron chi connectivity index (χ4n) is 4.16. The Bertz CT molecular complexity index is 1430. The molecule has 0 saturated heterocycles. The van der Waals surface area contributed by atoms with E-state index in [0.29, 0.717) is 40.8 Å². The number of aliphatic hydroxyl groups excluding tert-OH is 1. The molecule has 3 aromatic carbocycles. The van der Waals surface area contributed by atoms with Gasteiger partial charge in [0.1, 0.15) is 0 Å². The Morgan fingerprint density at radius 1 is 0.969 bits per heavy atom. The summed E-state index contributed by atoms with van der Waals surface area (Å²) in [7, 11) is 1.70. The van der Waals surface area contributed by atoms with Gasteiger partial charge in [0.15, 0.2) is 6.23 Å². The Balaban J connectivity index is 1.62. The van der Waals surface area contributed by atoms with Crippen LogP contribution in [0, 0.1) is 0 Å². The van der Waals surface area contributed by atoms with Crippen LogP contribution >= 0.6 is 10.7 Å². The summed E-state index contributed by atoms with van der Waals surface area (Å²) in [5, 5.41) is 11.8. The van der Waals surface area contributed by atoms with Crippen molar-refractivity contribution < 1.29 is 13.5 Å². The van der Waals surface area contributed by atoms with Gasteiger partial charge in [-0.25, -0.2) is 18.4 Å². The van der Waals surface area contributed by atoms with Crippen LogP contribution < -0.4 is 5.73 Å². The quantitative estimate of drug-likeness (QED) is 0.440. The predicted octanol–water partition coefficient (Wildman–Crippen LogP) is 3.81. The molecule has 1 aliphatic heterocycles. The van der Waals surface area contributed by atoms with E-state index in [0.717, 1.165) is 11.1 Å². The lowest BCUT2D eigenvalue weighted by Gasteiger charge is -2.23. The first kappa shape index (κ1) is 20.8. The van der Waals surface area contributed by atoms with Crippen molar-refractivity contribution in [3.8, 4) is 11.1 Å². The van der Waals surface area contributed by atoms with E-state index in [2.05, 4.69) is 9.97 Å². The first-order chi connectivity index (χ1) is 15.3. The second-order valence-corrected chi connectivity index (χ2v) is 10.2. The standard InChI is InChI=1S/C23H19ClN4O3S/c24-32(30,31)20-8-4-3-7-17(20)14-9-10-19-18(11-14)21(27-23(25)26-19)22(29)28-12-15-5-1-2-6-16(15)13-28/h1-11,22,29H,12-13H2,(H2,25,26,27). The van der Waals surface area contributed by atoms with Gasteiger partial charge in [-0.2, -0.15) is 0 Å². The molecule has 0 aliphatic carbocycles. The van der Waals surface area contributed by atoms with Crippen LogP contribution in [0.1, 0.15) is 23.0 Å². The van der Waals surface area contributed by atoms with Gasteiger partial charge in [0.05, 0.1) is 16.1 Å². The zero-order chi connectivity index (χ0) is 22.5. The van der Waals surface area contributed by atoms with Crippen molar-refractivity contribution in [2.75, 3.05) is 5.73 Å². The highest BCUT2D eigenvalue weighted by Gasteiger charge is 2.28. The van der Waals surface area contributed by atoms with E-state index in [1.807, 2.05) is 29.2 Å². The summed E-state index contributed by atoms with van der Waals surface area (Å²) in [5.41, 5.74) is 10.2. The molecule has 5 rings (SSSR count). The summed E-state index contributed by atoms with van der Waals surface area (Å²) in [5.74, 6) is 0.0553. The Morgan fingerprint density at radius 2 is 1.62 bits per heavy atom. The third-order valence-electron chi connectivity index (χ3n) is 5.66. The van der Waals surface area contributed by atoms with E-state index in [9.17, 15) is 13.5 Å². The number of nitrogens with two attached hydrogens (primary N) is 1. The average molecular weight is 467 g/mol. The average Bonchev–Trinajstić information content (AvgIpc) is 3.21. The predicted molar refractivity (Wildman–Crippen MR) is 123 cm³/mol. The number of fused-ring (bicyclic) bond motifs is 2. The second kappa shape index (κ2) is 7.83. The van der Waals surface area contributed by atoms with Gasteiger partial charge >= 0.3 is 0 Å². The molecule has 9 heteroatoms. The second-order valence-electron chi connectivity index (χ2n) is 7.68. The summed E-state index contributed by atoms with van der Waals surface area (Å²) in [4.78, 5) is 10.5. The number of aliphatic hydroxyl groups is 1. The number of benzene rings is 3. The first-order valence-corrected chi connectivity index (χ1v) is 12.2. The van der Waals surface area contributed by atoms with E-state index in [1.165, 1.54) is 6.07 Å². The maximum absolute atomic E-state index is 12.1. The van der Waals surface area contributed by atoms with Crippen molar-refractivity contribution >= 4 is 36.6 Å². The minimum Gasteiger partial charge on any atom is -0.372 e.